The zero-order valence-corrected chi connectivity index (χ0v) is 17.4. The molecule has 1 aliphatic rings. The lowest BCUT2D eigenvalue weighted by molar-refractivity contribution is -0.387. The highest BCUT2D eigenvalue weighted by Crippen LogP contribution is 2.35. The van der Waals surface area contributed by atoms with Crippen molar-refractivity contribution in [2.45, 2.75) is 11.4 Å². The average Bonchev–Trinajstić information content (AvgIpc) is 3.00. The number of benzene rings is 2. The van der Waals surface area contributed by atoms with E-state index >= 15 is 0 Å². The van der Waals surface area contributed by atoms with Gasteiger partial charge in [-0.05, 0) is 35.0 Å². The molecule has 0 aliphatic carbocycles. The van der Waals surface area contributed by atoms with Crippen LogP contribution in [0.4, 0.5) is 16.2 Å². The fraction of sp³-hybridized carbons (Fsp3) is 0.158. The zero-order valence-electron chi connectivity index (χ0n) is 15.8. The van der Waals surface area contributed by atoms with Crippen LogP contribution in [0.1, 0.15) is 11.1 Å². The van der Waals surface area contributed by atoms with E-state index in [1.54, 1.807) is 6.07 Å². The van der Waals surface area contributed by atoms with E-state index in [-0.39, 0.29) is 29.4 Å². The van der Waals surface area contributed by atoms with E-state index in [0.29, 0.717) is 21.8 Å². The van der Waals surface area contributed by atoms with Gasteiger partial charge in [-0.1, -0.05) is 18.2 Å². The van der Waals surface area contributed by atoms with Crippen LogP contribution in [0.25, 0.3) is 6.08 Å². The largest absolute Gasteiger partial charge is 0.396 e. The van der Waals surface area contributed by atoms with E-state index < -0.39 is 21.0 Å². The molecule has 0 unspecified atom stereocenters. The number of aliphatic hydroxyl groups excluding tert-OH is 1. The molecule has 2 aromatic rings. The Kier molecular flexibility index (Phi) is 7.05. The first kappa shape index (κ1) is 22.5. The maximum absolute atomic E-state index is 12.7. The minimum absolute atomic E-state index is 0.0448. The van der Waals surface area contributed by atoms with Gasteiger partial charge < -0.3 is 5.11 Å². The Morgan fingerprint density at radius 2 is 1.77 bits per heavy atom. The van der Waals surface area contributed by atoms with Crippen molar-refractivity contribution in [3.05, 3.63) is 78.7 Å². The number of imide groups is 1. The second-order valence-electron chi connectivity index (χ2n) is 6.25. The van der Waals surface area contributed by atoms with Gasteiger partial charge in [0, 0.05) is 24.0 Å². The molecule has 2 aromatic carbocycles. The quantitative estimate of drug-likeness (QED) is 0.268. The molecule has 10 nitrogen and oxygen atoms in total. The smallest absolute Gasteiger partial charge is 0.293 e. The lowest BCUT2D eigenvalue weighted by Crippen LogP contribution is -2.27. The van der Waals surface area contributed by atoms with Crippen molar-refractivity contribution < 1.29 is 24.5 Å². The number of amides is 2. The van der Waals surface area contributed by atoms with E-state index in [2.05, 4.69) is 0 Å². The van der Waals surface area contributed by atoms with Gasteiger partial charge in [-0.3, -0.25) is 34.7 Å². The van der Waals surface area contributed by atoms with Crippen LogP contribution >= 0.6 is 23.5 Å². The Labute approximate surface area is 184 Å². The van der Waals surface area contributed by atoms with Crippen molar-refractivity contribution >= 4 is 52.1 Å². The average molecular weight is 461 g/mol. The number of nitrogens with zero attached hydrogens (tertiary/aromatic N) is 3. The van der Waals surface area contributed by atoms with Crippen molar-refractivity contribution in [1.29, 1.82) is 0 Å². The molecule has 1 saturated heterocycles. The highest BCUT2D eigenvalue weighted by molar-refractivity contribution is 8.18. The standard InChI is InChI=1S/C19H15N3O7S2/c23-7-8-30-16-6-3-13(9-15(16)22(28)29)10-17-18(24)20(19(25)31-17)11-12-1-4-14(5-2-12)21(26)27/h1-6,9-10,23H,7-8,11H2/b17-10-. The van der Waals surface area contributed by atoms with Crippen LogP contribution in [0.5, 0.6) is 0 Å². The summed E-state index contributed by atoms with van der Waals surface area (Å²) in [7, 11) is 0. The molecule has 31 heavy (non-hydrogen) atoms. The third-order valence-electron chi connectivity index (χ3n) is 4.19. The molecule has 12 heteroatoms. The molecule has 0 spiro atoms. The number of thioether (sulfide) groups is 2. The summed E-state index contributed by atoms with van der Waals surface area (Å²) in [6.45, 7) is -0.164. The maximum Gasteiger partial charge on any atom is 0.293 e. The van der Waals surface area contributed by atoms with Crippen LogP contribution in [0.2, 0.25) is 0 Å². The lowest BCUT2D eigenvalue weighted by Gasteiger charge is -2.12. The third-order valence-corrected chi connectivity index (χ3v) is 6.14. The van der Waals surface area contributed by atoms with E-state index in [1.807, 2.05) is 0 Å². The van der Waals surface area contributed by atoms with Gasteiger partial charge in [0.25, 0.3) is 22.5 Å². The molecule has 1 fully saturated rings. The Morgan fingerprint density at radius 3 is 2.39 bits per heavy atom. The number of carbonyl (C=O) groups excluding carboxylic acids is 2. The number of aliphatic hydroxyl groups is 1. The number of carbonyl (C=O) groups is 2. The van der Waals surface area contributed by atoms with E-state index in [0.717, 1.165) is 28.4 Å². The summed E-state index contributed by atoms with van der Waals surface area (Å²) in [5.41, 5.74) is 0.688. The van der Waals surface area contributed by atoms with Crippen LogP contribution in [0.3, 0.4) is 0 Å². The predicted molar refractivity (Wildman–Crippen MR) is 116 cm³/mol. The first-order chi connectivity index (χ1) is 14.8. The molecule has 0 radical (unpaired) electrons. The Bertz CT molecular complexity index is 1090. The fourth-order valence-corrected chi connectivity index (χ4v) is 4.33. The van der Waals surface area contributed by atoms with Gasteiger partial charge in [-0.15, -0.1) is 11.8 Å². The van der Waals surface area contributed by atoms with Gasteiger partial charge in [0.2, 0.25) is 0 Å². The van der Waals surface area contributed by atoms with E-state index in [4.69, 9.17) is 5.11 Å². The maximum atomic E-state index is 12.7. The summed E-state index contributed by atoms with van der Waals surface area (Å²) in [6, 6.07) is 9.96. The summed E-state index contributed by atoms with van der Waals surface area (Å²) in [5, 5.41) is 30.5. The van der Waals surface area contributed by atoms with Crippen molar-refractivity contribution in [1.82, 2.24) is 4.90 Å². The molecular formula is C19H15N3O7S2. The van der Waals surface area contributed by atoms with Crippen molar-refractivity contribution in [2.75, 3.05) is 12.4 Å². The van der Waals surface area contributed by atoms with Crippen molar-refractivity contribution in [2.24, 2.45) is 0 Å². The molecular weight excluding hydrogens is 446 g/mol. The number of rotatable bonds is 8. The van der Waals surface area contributed by atoms with Gasteiger partial charge in [-0.2, -0.15) is 0 Å². The molecule has 0 atom stereocenters. The predicted octanol–water partition coefficient (Wildman–Crippen LogP) is 3.82. The number of nitro groups is 2. The molecule has 1 aliphatic heterocycles. The number of non-ortho nitro benzene ring substituents is 1. The summed E-state index contributed by atoms with van der Waals surface area (Å²) in [5.74, 6) is -0.239. The zero-order chi connectivity index (χ0) is 22.5. The Balaban J connectivity index is 1.80. The third kappa shape index (κ3) is 5.29. The molecule has 160 valence electrons. The highest BCUT2D eigenvalue weighted by atomic mass is 32.2. The minimum Gasteiger partial charge on any atom is -0.396 e. The van der Waals surface area contributed by atoms with Crippen LogP contribution in [0.15, 0.2) is 52.3 Å². The Hall–Kier alpha value is -3.22. The van der Waals surface area contributed by atoms with Gasteiger partial charge in [0.1, 0.15) is 0 Å². The molecule has 1 heterocycles. The van der Waals surface area contributed by atoms with Crippen molar-refractivity contribution in [3.63, 3.8) is 0 Å². The summed E-state index contributed by atoms with van der Waals surface area (Å²) >= 11 is 1.86. The normalized spacial score (nSPS) is 15.0. The number of nitro benzene ring substituents is 2. The highest BCUT2D eigenvalue weighted by Gasteiger charge is 2.35. The number of hydrogen-bond donors (Lipinski definition) is 1. The van der Waals surface area contributed by atoms with E-state index in [1.165, 1.54) is 42.5 Å². The fourth-order valence-electron chi connectivity index (χ4n) is 2.74. The first-order valence-corrected chi connectivity index (χ1v) is 10.6. The summed E-state index contributed by atoms with van der Waals surface area (Å²) < 4.78 is 0. The molecule has 0 bridgehead atoms. The van der Waals surface area contributed by atoms with Crippen LogP contribution in [0, 0.1) is 20.2 Å². The van der Waals surface area contributed by atoms with Gasteiger partial charge >= 0.3 is 0 Å². The van der Waals surface area contributed by atoms with E-state index in [9.17, 15) is 29.8 Å². The summed E-state index contributed by atoms with van der Waals surface area (Å²) in [4.78, 5) is 47.5. The first-order valence-electron chi connectivity index (χ1n) is 8.81. The topological polar surface area (TPSA) is 144 Å². The van der Waals surface area contributed by atoms with Crippen LogP contribution in [-0.4, -0.2) is 43.4 Å². The van der Waals surface area contributed by atoms with Gasteiger partial charge in [-0.25, -0.2) is 0 Å². The SMILES string of the molecule is O=C1S/C(=C\c2ccc(SCCO)c([N+](=O)[O-])c2)C(=O)N1Cc1ccc([N+](=O)[O-])cc1. The molecule has 1 N–H and O–H groups in total. The van der Waals surface area contributed by atoms with Crippen LogP contribution in [-0.2, 0) is 11.3 Å². The molecule has 0 aromatic heterocycles. The van der Waals surface area contributed by atoms with Crippen LogP contribution < -0.4 is 0 Å². The molecule has 2 amide bonds. The number of hydrogen-bond acceptors (Lipinski definition) is 9. The monoisotopic (exact) mass is 461 g/mol. The lowest BCUT2D eigenvalue weighted by atomic mass is 10.1. The second-order valence-corrected chi connectivity index (χ2v) is 8.38. The van der Waals surface area contributed by atoms with Gasteiger partial charge in [0.05, 0.1) is 32.8 Å². The summed E-state index contributed by atoms with van der Waals surface area (Å²) in [6.07, 6.45) is 1.41. The van der Waals surface area contributed by atoms with Gasteiger partial charge in [0.15, 0.2) is 0 Å². The van der Waals surface area contributed by atoms with Crippen molar-refractivity contribution in [3.8, 4) is 0 Å². The minimum atomic E-state index is -0.547. The molecule has 3 rings (SSSR count). The molecule has 0 saturated carbocycles. The second kappa shape index (κ2) is 9.73. The Morgan fingerprint density at radius 1 is 1.06 bits per heavy atom.